The summed E-state index contributed by atoms with van der Waals surface area (Å²) in [6, 6.07) is 13.4. The van der Waals surface area contributed by atoms with Gasteiger partial charge in [0.25, 0.3) is 5.91 Å². The lowest BCUT2D eigenvalue weighted by atomic mass is 10.1. The van der Waals surface area contributed by atoms with Crippen LogP contribution >= 0.6 is 23.4 Å². The number of amides is 1. The van der Waals surface area contributed by atoms with Crippen molar-refractivity contribution < 1.29 is 9.53 Å². The number of nitrogens with zero attached hydrogens (tertiary/aromatic N) is 4. The van der Waals surface area contributed by atoms with E-state index in [4.69, 9.17) is 16.3 Å². The number of imidazole rings is 1. The van der Waals surface area contributed by atoms with Gasteiger partial charge in [0.1, 0.15) is 5.75 Å². The maximum atomic E-state index is 13.1. The summed E-state index contributed by atoms with van der Waals surface area (Å²) in [5.74, 6) is 0.900. The lowest BCUT2D eigenvalue weighted by Crippen LogP contribution is -2.48. The topological polar surface area (TPSA) is 50.6 Å². The van der Waals surface area contributed by atoms with Crippen molar-refractivity contribution in [1.82, 2.24) is 19.4 Å². The summed E-state index contributed by atoms with van der Waals surface area (Å²) in [5, 5.41) is 1.60. The van der Waals surface area contributed by atoms with Gasteiger partial charge in [-0.2, -0.15) is 0 Å². The first kappa shape index (κ1) is 21.7. The van der Waals surface area contributed by atoms with Crippen molar-refractivity contribution in [1.29, 1.82) is 0 Å². The van der Waals surface area contributed by atoms with E-state index in [2.05, 4.69) is 9.88 Å². The van der Waals surface area contributed by atoms with Gasteiger partial charge in [-0.05, 0) is 42.7 Å². The molecule has 0 N–H and O–H groups in total. The summed E-state index contributed by atoms with van der Waals surface area (Å²) in [5.41, 5.74) is 2.70. The highest BCUT2D eigenvalue weighted by Crippen LogP contribution is 2.25. The molecule has 162 valence electrons. The highest BCUT2D eigenvalue weighted by atomic mass is 35.5. The number of carbonyl (C=O) groups is 1. The molecule has 0 aliphatic carbocycles. The standard InChI is InChI=1S/C23H25ClN4O2S/c1-30-21-7-6-19(24)14-18(21)16-26-10-12-27(13-11-26)22(29)17-4-3-5-20(15-17)28-9-8-25-23(28)31-2/h3-9,14-15H,10-13,16H2,1-2H3. The first-order valence-electron chi connectivity index (χ1n) is 10.1. The minimum absolute atomic E-state index is 0.0626. The van der Waals surface area contributed by atoms with Crippen molar-refractivity contribution >= 4 is 29.3 Å². The number of rotatable bonds is 6. The third-order valence-corrected chi connectivity index (χ3v) is 6.36. The van der Waals surface area contributed by atoms with Gasteiger partial charge in [0.05, 0.1) is 7.11 Å². The Labute approximate surface area is 191 Å². The third kappa shape index (κ3) is 4.89. The van der Waals surface area contributed by atoms with Crippen LogP contribution in [0.1, 0.15) is 15.9 Å². The van der Waals surface area contributed by atoms with E-state index in [9.17, 15) is 4.79 Å². The minimum Gasteiger partial charge on any atom is -0.496 e. The second kappa shape index (κ2) is 9.77. The number of thioether (sulfide) groups is 1. The van der Waals surface area contributed by atoms with E-state index >= 15 is 0 Å². The Bertz CT molecular complexity index is 1060. The Morgan fingerprint density at radius 1 is 1.16 bits per heavy atom. The molecule has 4 rings (SSSR count). The highest BCUT2D eigenvalue weighted by molar-refractivity contribution is 7.98. The number of methoxy groups -OCH3 is 1. The summed E-state index contributed by atoms with van der Waals surface area (Å²) >= 11 is 7.74. The number of hydrogen-bond acceptors (Lipinski definition) is 5. The number of hydrogen-bond donors (Lipinski definition) is 0. The molecular formula is C23H25ClN4O2S. The van der Waals surface area contributed by atoms with Crippen LogP contribution in [0.15, 0.2) is 60.0 Å². The molecule has 1 amide bonds. The van der Waals surface area contributed by atoms with Crippen LogP contribution in [0.4, 0.5) is 0 Å². The monoisotopic (exact) mass is 456 g/mol. The molecule has 1 aromatic heterocycles. The molecule has 0 bridgehead atoms. The smallest absolute Gasteiger partial charge is 0.254 e. The fourth-order valence-corrected chi connectivity index (χ4v) is 4.55. The van der Waals surface area contributed by atoms with Gasteiger partial charge in [0.15, 0.2) is 5.16 Å². The lowest BCUT2D eigenvalue weighted by Gasteiger charge is -2.35. The zero-order valence-electron chi connectivity index (χ0n) is 17.6. The summed E-state index contributed by atoms with van der Waals surface area (Å²) in [6.07, 6.45) is 5.68. The predicted molar refractivity (Wildman–Crippen MR) is 125 cm³/mol. The minimum atomic E-state index is 0.0626. The quantitative estimate of drug-likeness (QED) is 0.520. The first-order chi connectivity index (χ1) is 15.1. The SMILES string of the molecule is COc1ccc(Cl)cc1CN1CCN(C(=O)c2cccc(-n3ccnc3SC)c2)CC1. The molecule has 1 saturated heterocycles. The van der Waals surface area contributed by atoms with Crippen LogP contribution in [0.25, 0.3) is 5.69 Å². The van der Waals surface area contributed by atoms with Crippen molar-refractivity contribution in [2.24, 2.45) is 0 Å². The van der Waals surface area contributed by atoms with Crippen LogP contribution in [-0.2, 0) is 6.54 Å². The molecular weight excluding hydrogens is 432 g/mol. The van der Waals surface area contributed by atoms with Crippen LogP contribution in [0, 0.1) is 0 Å². The Morgan fingerprint density at radius 3 is 2.71 bits per heavy atom. The normalized spacial score (nSPS) is 14.6. The van der Waals surface area contributed by atoms with Gasteiger partial charge in [-0.25, -0.2) is 4.98 Å². The van der Waals surface area contributed by atoms with Crippen molar-refractivity contribution in [2.45, 2.75) is 11.7 Å². The predicted octanol–water partition coefficient (Wildman–Crippen LogP) is 4.21. The fraction of sp³-hybridized carbons (Fsp3) is 0.304. The zero-order chi connectivity index (χ0) is 21.8. The largest absolute Gasteiger partial charge is 0.496 e. The molecule has 1 aliphatic heterocycles. The van der Waals surface area contributed by atoms with Crippen molar-refractivity contribution in [3.8, 4) is 11.4 Å². The molecule has 1 aliphatic rings. The molecule has 0 spiro atoms. The highest BCUT2D eigenvalue weighted by Gasteiger charge is 2.23. The molecule has 0 atom stereocenters. The van der Waals surface area contributed by atoms with Crippen molar-refractivity contribution in [2.75, 3.05) is 39.5 Å². The number of aromatic nitrogens is 2. The van der Waals surface area contributed by atoms with Crippen molar-refractivity contribution in [3.05, 3.63) is 71.0 Å². The van der Waals surface area contributed by atoms with Gasteiger partial charge in [-0.15, -0.1) is 0 Å². The maximum Gasteiger partial charge on any atom is 0.254 e. The zero-order valence-corrected chi connectivity index (χ0v) is 19.2. The molecule has 3 aromatic rings. The molecule has 2 heterocycles. The van der Waals surface area contributed by atoms with Gasteiger partial charge >= 0.3 is 0 Å². The van der Waals surface area contributed by atoms with E-state index in [1.165, 1.54) is 0 Å². The maximum absolute atomic E-state index is 13.1. The number of benzene rings is 2. The summed E-state index contributed by atoms with van der Waals surface area (Å²) in [6.45, 7) is 3.73. The van der Waals surface area contributed by atoms with E-state index < -0.39 is 0 Å². The first-order valence-corrected chi connectivity index (χ1v) is 11.7. The van der Waals surface area contributed by atoms with Gasteiger partial charge in [0, 0.05) is 67.0 Å². The molecule has 31 heavy (non-hydrogen) atoms. The van der Waals surface area contributed by atoms with Gasteiger partial charge in [0.2, 0.25) is 0 Å². The number of piperazine rings is 1. The number of ether oxygens (including phenoxy) is 1. The van der Waals surface area contributed by atoms with Gasteiger partial charge < -0.3 is 9.64 Å². The van der Waals surface area contributed by atoms with Crippen LogP contribution < -0.4 is 4.74 Å². The lowest BCUT2D eigenvalue weighted by molar-refractivity contribution is 0.0627. The van der Waals surface area contributed by atoms with E-state index in [1.54, 1.807) is 25.1 Å². The van der Waals surface area contributed by atoms with E-state index in [-0.39, 0.29) is 5.91 Å². The summed E-state index contributed by atoms with van der Waals surface area (Å²) < 4.78 is 7.46. The van der Waals surface area contributed by atoms with E-state index in [0.717, 1.165) is 41.8 Å². The number of halogens is 1. The van der Waals surface area contributed by atoms with Crippen LogP contribution in [0.2, 0.25) is 5.02 Å². The molecule has 1 fully saturated rings. The van der Waals surface area contributed by atoms with E-state index in [0.29, 0.717) is 23.7 Å². The Balaban J connectivity index is 1.41. The Morgan fingerprint density at radius 2 is 1.97 bits per heavy atom. The van der Waals surface area contributed by atoms with Crippen LogP contribution in [0.3, 0.4) is 0 Å². The van der Waals surface area contributed by atoms with Gasteiger partial charge in [-0.1, -0.05) is 29.4 Å². The van der Waals surface area contributed by atoms with E-state index in [1.807, 2.05) is 64.4 Å². The molecule has 8 heteroatoms. The third-order valence-electron chi connectivity index (χ3n) is 5.46. The average Bonchev–Trinajstić information content (AvgIpc) is 3.28. The van der Waals surface area contributed by atoms with Crippen molar-refractivity contribution in [3.63, 3.8) is 0 Å². The van der Waals surface area contributed by atoms with Crippen LogP contribution in [0.5, 0.6) is 5.75 Å². The number of carbonyl (C=O) groups excluding carboxylic acids is 1. The Kier molecular flexibility index (Phi) is 6.85. The molecule has 0 saturated carbocycles. The summed E-state index contributed by atoms with van der Waals surface area (Å²) in [7, 11) is 1.67. The molecule has 2 aromatic carbocycles. The Hall–Kier alpha value is -2.48. The summed E-state index contributed by atoms with van der Waals surface area (Å²) in [4.78, 5) is 21.7. The van der Waals surface area contributed by atoms with Crippen LogP contribution in [-0.4, -0.2) is 64.8 Å². The second-order valence-corrected chi connectivity index (χ2v) is 8.57. The van der Waals surface area contributed by atoms with Gasteiger partial charge in [-0.3, -0.25) is 14.3 Å². The second-order valence-electron chi connectivity index (χ2n) is 7.36. The fourth-order valence-electron chi connectivity index (χ4n) is 3.83. The average molecular weight is 457 g/mol. The molecule has 0 unspecified atom stereocenters. The molecule has 6 nitrogen and oxygen atoms in total. The molecule has 0 radical (unpaired) electrons.